The number of aryl methyl sites for hydroxylation is 1. The van der Waals surface area contributed by atoms with E-state index in [9.17, 15) is 4.79 Å². The second-order valence-corrected chi connectivity index (χ2v) is 5.52. The third-order valence-corrected chi connectivity index (χ3v) is 3.87. The molecule has 0 radical (unpaired) electrons. The van der Waals surface area contributed by atoms with Gasteiger partial charge in [0.25, 0.3) is 0 Å². The summed E-state index contributed by atoms with van der Waals surface area (Å²) in [7, 11) is 0. The Morgan fingerprint density at radius 3 is 2.87 bits per heavy atom. The largest absolute Gasteiger partial charge is 0.489 e. The van der Waals surface area contributed by atoms with Gasteiger partial charge in [0.1, 0.15) is 17.9 Å². The van der Waals surface area contributed by atoms with Crippen LogP contribution in [0.5, 0.6) is 5.75 Å². The fourth-order valence-electron chi connectivity index (χ4n) is 2.28. The van der Waals surface area contributed by atoms with Gasteiger partial charge in [0, 0.05) is 22.0 Å². The van der Waals surface area contributed by atoms with Crippen LogP contribution in [-0.4, -0.2) is 0 Å². The third-order valence-electron chi connectivity index (χ3n) is 3.47. The minimum atomic E-state index is -0.441. The Balaban J connectivity index is 1.98. The van der Waals surface area contributed by atoms with Crippen molar-refractivity contribution in [3.05, 3.63) is 74.6 Å². The summed E-state index contributed by atoms with van der Waals surface area (Å²) in [6.07, 6.45) is 0. The maximum atomic E-state index is 11.7. The molecule has 0 fully saturated rings. The zero-order valence-corrected chi connectivity index (χ0v) is 13.1. The molecule has 0 spiro atoms. The lowest BCUT2D eigenvalue weighted by Gasteiger charge is -2.09. The zero-order chi connectivity index (χ0) is 16.4. The van der Waals surface area contributed by atoms with Gasteiger partial charge in [-0.2, -0.15) is 5.26 Å². The van der Waals surface area contributed by atoms with E-state index in [0.717, 1.165) is 10.9 Å². The van der Waals surface area contributed by atoms with Gasteiger partial charge in [0.2, 0.25) is 0 Å². The average Bonchev–Trinajstić information content (AvgIpc) is 2.54. The molecule has 0 bridgehead atoms. The molecule has 5 heteroatoms. The number of benzene rings is 2. The lowest BCUT2D eigenvalue weighted by Crippen LogP contribution is -2.04. The quantitative estimate of drug-likeness (QED) is 0.677. The Morgan fingerprint density at radius 2 is 2.09 bits per heavy atom. The van der Waals surface area contributed by atoms with Crippen LogP contribution in [0.3, 0.4) is 0 Å². The molecule has 3 aromatic rings. The van der Waals surface area contributed by atoms with E-state index in [1.165, 1.54) is 6.07 Å². The molecule has 1 heterocycles. The Kier molecular flexibility index (Phi) is 4.05. The van der Waals surface area contributed by atoms with Crippen molar-refractivity contribution in [2.75, 3.05) is 0 Å². The van der Waals surface area contributed by atoms with Crippen LogP contribution < -0.4 is 10.4 Å². The number of rotatable bonds is 3. The van der Waals surface area contributed by atoms with Crippen LogP contribution in [0.1, 0.15) is 16.7 Å². The van der Waals surface area contributed by atoms with Gasteiger partial charge >= 0.3 is 5.63 Å². The number of nitrogens with zero attached hydrogens (tertiary/aromatic N) is 1. The molecule has 0 aliphatic heterocycles. The highest BCUT2D eigenvalue weighted by molar-refractivity contribution is 6.32. The fraction of sp³-hybridized carbons (Fsp3) is 0.111. The smallest absolute Gasteiger partial charge is 0.336 e. The maximum Gasteiger partial charge on any atom is 0.336 e. The normalized spacial score (nSPS) is 10.5. The molecule has 0 saturated carbocycles. The summed E-state index contributed by atoms with van der Waals surface area (Å²) >= 11 is 6.16. The van der Waals surface area contributed by atoms with Crippen molar-refractivity contribution >= 4 is 22.6 Å². The van der Waals surface area contributed by atoms with Crippen LogP contribution in [0, 0.1) is 18.3 Å². The molecule has 1 aromatic heterocycles. The number of hydrogen-bond donors (Lipinski definition) is 0. The van der Waals surface area contributed by atoms with Crippen LogP contribution in [-0.2, 0) is 6.61 Å². The Bertz CT molecular complexity index is 986. The summed E-state index contributed by atoms with van der Waals surface area (Å²) in [6.45, 7) is 2.02. The predicted octanol–water partition coefficient (Wildman–Crippen LogP) is 4.21. The molecular weight excluding hydrogens is 314 g/mol. The van der Waals surface area contributed by atoms with E-state index in [1.54, 1.807) is 36.4 Å². The van der Waals surface area contributed by atoms with E-state index in [-0.39, 0.29) is 6.61 Å². The second kappa shape index (κ2) is 6.15. The molecule has 114 valence electrons. The highest BCUT2D eigenvalue weighted by Crippen LogP contribution is 2.26. The average molecular weight is 326 g/mol. The van der Waals surface area contributed by atoms with Gasteiger partial charge in [0.05, 0.1) is 11.6 Å². The molecule has 0 aliphatic rings. The minimum Gasteiger partial charge on any atom is -0.489 e. The van der Waals surface area contributed by atoms with Gasteiger partial charge in [-0.1, -0.05) is 17.7 Å². The molecule has 0 unspecified atom stereocenters. The van der Waals surface area contributed by atoms with Gasteiger partial charge in [-0.05, 0) is 42.8 Å². The molecule has 0 saturated heterocycles. The number of ether oxygens (including phenoxy) is 1. The van der Waals surface area contributed by atoms with Gasteiger partial charge in [-0.15, -0.1) is 0 Å². The van der Waals surface area contributed by atoms with Crippen molar-refractivity contribution in [2.45, 2.75) is 13.5 Å². The van der Waals surface area contributed by atoms with Crippen molar-refractivity contribution in [3.63, 3.8) is 0 Å². The highest BCUT2D eigenvalue weighted by Gasteiger charge is 2.09. The number of hydrogen-bond acceptors (Lipinski definition) is 4. The molecule has 3 rings (SSSR count). The molecule has 4 nitrogen and oxygen atoms in total. The first-order chi connectivity index (χ1) is 11.1. The zero-order valence-electron chi connectivity index (χ0n) is 12.3. The van der Waals surface area contributed by atoms with Gasteiger partial charge in [0.15, 0.2) is 0 Å². The van der Waals surface area contributed by atoms with E-state index >= 15 is 0 Å². The van der Waals surface area contributed by atoms with Crippen molar-refractivity contribution in [1.29, 1.82) is 5.26 Å². The molecular formula is C18H12ClNO3. The highest BCUT2D eigenvalue weighted by atomic mass is 35.5. The number of nitriles is 1. The lowest BCUT2D eigenvalue weighted by atomic mass is 10.1. The summed E-state index contributed by atoms with van der Waals surface area (Å²) in [6, 6.07) is 13.8. The van der Waals surface area contributed by atoms with Gasteiger partial charge in [-0.25, -0.2) is 4.79 Å². The van der Waals surface area contributed by atoms with E-state index in [2.05, 4.69) is 6.07 Å². The molecule has 23 heavy (non-hydrogen) atoms. The van der Waals surface area contributed by atoms with Gasteiger partial charge < -0.3 is 9.15 Å². The van der Waals surface area contributed by atoms with Crippen molar-refractivity contribution < 1.29 is 9.15 Å². The summed E-state index contributed by atoms with van der Waals surface area (Å²) in [4.78, 5) is 11.7. The van der Waals surface area contributed by atoms with E-state index in [0.29, 0.717) is 27.5 Å². The summed E-state index contributed by atoms with van der Waals surface area (Å²) in [5.74, 6) is 0.559. The molecule has 2 aromatic carbocycles. The summed E-state index contributed by atoms with van der Waals surface area (Å²) in [5, 5.41) is 10.2. The summed E-state index contributed by atoms with van der Waals surface area (Å²) < 4.78 is 10.9. The van der Waals surface area contributed by atoms with Crippen molar-refractivity contribution in [3.8, 4) is 11.8 Å². The van der Waals surface area contributed by atoms with E-state index in [4.69, 9.17) is 26.0 Å². The fourth-order valence-corrected chi connectivity index (χ4v) is 2.45. The third kappa shape index (κ3) is 3.20. The predicted molar refractivity (Wildman–Crippen MR) is 87.7 cm³/mol. The van der Waals surface area contributed by atoms with E-state index in [1.807, 2.05) is 6.92 Å². The topological polar surface area (TPSA) is 63.2 Å². The first kappa shape index (κ1) is 15.1. The van der Waals surface area contributed by atoms with Crippen LogP contribution in [0.2, 0.25) is 5.02 Å². The Morgan fingerprint density at radius 1 is 1.26 bits per heavy atom. The van der Waals surface area contributed by atoms with Crippen LogP contribution >= 0.6 is 11.6 Å². The lowest BCUT2D eigenvalue weighted by molar-refractivity contribution is 0.306. The number of fused-ring (bicyclic) bond motifs is 1. The summed E-state index contributed by atoms with van der Waals surface area (Å²) in [5.41, 5.74) is 2.06. The Labute approximate surface area is 137 Å². The monoisotopic (exact) mass is 325 g/mol. The van der Waals surface area contributed by atoms with E-state index < -0.39 is 5.63 Å². The molecule has 0 aliphatic carbocycles. The second-order valence-electron chi connectivity index (χ2n) is 5.12. The van der Waals surface area contributed by atoms with Crippen molar-refractivity contribution in [2.24, 2.45) is 0 Å². The van der Waals surface area contributed by atoms with Crippen LogP contribution in [0.25, 0.3) is 11.0 Å². The van der Waals surface area contributed by atoms with Crippen LogP contribution in [0.4, 0.5) is 0 Å². The first-order valence-electron chi connectivity index (χ1n) is 6.92. The molecule has 0 amide bonds. The Hall–Kier alpha value is -2.77. The SMILES string of the molecule is Cc1cc2oc(=O)cc(COc3cccc(C#N)c3)c2cc1Cl. The van der Waals surface area contributed by atoms with Crippen molar-refractivity contribution in [1.82, 2.24) is 0 Å². The maximum absolute atomic E-state index is 11.7. The molecule has 0 N–H and O–H groups in total. The van der Waals surface area contributed by atoms with Crippen LogP contribution in [0.15, 0.2) is 51.7 Å². The van der Waals surface area contributed by atoms with Gasteiger partial charge in [-0.3, -0.25) is 0 Å². The number of halogens is 1. The standard InChI is InChI=1S/C18H12ClNO3/c1-11-5-17-15(8-16(11)19)13(7-18(21)23-17)10-22-14-4-2-3-12(6-14)9-20/h2-8H,10H2,1H3. The first-order valence-corrected chi connectivity index (χ1v) is 7.30. The minimum absolute atomic E-state index is 0.177. The molecule has 0 atom stereocenters.